The van der Waals surface area contributed by atoms with Gasteiger partial charge in [-0.1, -0.05) is 0 Å². The molecule has 1 atom stereocenters. The van der Waals surface area contributed by atoms with Gasteiger partial charge < -0.3 is 15.5 Å². The molecule has 0 unspecified atom stereocenters. The van der Waals surface area contributed by atoms with Gasteiger partial charge in [-0.05, 0) is 18.6 Å². The van der Waals surface area contributed by atoms with E-state index in [1.165, 1.54) is 11.8 Å². The molecule has 0 aromatic carbocycles. The Kier molecular flexibility index (Phi) is 6.51. The summed E-state index contributed by atoms with van der Waals surface area (Å²) in [5.74, 6) is -2.74. The molecule has 0 aliphatic rings. The first-order chi connectivity index (χ1) is 9.49. The second-order valence-corrected chi connectivity index (χ2v) is 4.91. The number of rotatable bonds is 8. The molecule has 0 saturated carbocycles. The van der Waals surface area contributed by atoms with Crippen molar-refractivity contribution < 1.29 is 24.6 Å². The van der Waals surface area contributed by atoms with Crippen molar-refractivity contribution in [1.29, 1.82) is 0 Å². The van der Waals surface area contributed by atoms with E-state index >= 15 is 0 Å². The Balaban J connectivity index is 2.41. The topological polar surface area (TPSA) is 117 Å². The Hall–Kier alpha value is -2.09. The summed E-state index contributed by atoms with van der Waals surface area (Å²) >= 11 is 1.25. The summed E-state index contributed by atoms with van der Waals surface area (Å²) in [4.78, 5) is 37.6. The molecule has 8 heteroatoms. The number of aliphatic carboxylic acids is 2. The van der Waals surface area contributed by atoms with Crippen molar-refractivity contribution >= 4 is 29.6 Å². The number of aromatic nitrogens is 1. The van der Waals surface area contributed by atoms with Gasteiger partial charge in [0.15, 0.2) is 0 Å². The Morgan fingerprint density at radius 1 is 1.25 bits per heavy atom. The lowest BCUT2D eigenvalue weighted by Gasteiger charge is -2.13. The van der Waals surface area contributed by atoms with Crippen molar-refractivity contribution in [2.75, 3.05) is 5.75 Å². The van der Waals surface area contributed by atoms with Gasteiger partial charge in [0.05, 0.1) is 5.75 Å². The minimum atomic E-state index is -1.24. The van der Waals surface area contributed by atoms with Gasteiger partial charge in [-0.15, -0.1) is 11.8 Å². The van der Waals surface area contributed by atoms with Crippen molar-refractivity contribution in [1.82, 2.24) is 10.3 Å². The molecule has 0 aliphatic heterocycles. The van der Waals surface area contributed by atoms with E-state index in [1.807, 2.05) is 0 Å². The van der Waals surface area contributed by atoms with Gasteiger partial charge >= 0.3 is 11.9 Å². The third kappa shape index (κ3) is 6.19. The summed E-state index contributed by atoms with van der Waals surface area (Å²) in [6, 6.07) is 2.28. The highest BCUT2D eigenvalue weighted by Gasteiger charge is 2.20. The van der Waals surface area contributed by atoms with Crippen LogP contribution in [0.1, 0.15) is 12.8 Å². The molecule has 0 spiro atoms. The molecule has 0 radical (unpaired) electrons. The minimum absolute atomic E-state index is 0.0564. The first kappa shape index (κ1) is 16.0. The third-order valence-corrected chi connectivity index (χ3v) is 3.31. The summed E-state index contributed by atoms with van der Waals surface area (Å²) in [7, 11) is 0. The van der Waals surface area contributed by atoms with Crippen LogP contribution in [0.4, 0.5) is 0 Å². The molecule has 3 N–H and O–H groups in total. The Morgan fingerprint density at radius 3 is 2.45 bits per heavy atom. The molecular formula is C12H14N2O5S. The predicted molar refractivity (Wildman–Crippen MR) is 71.4 cm³/mol. The Morgan fingerprint density at radius 2 is 1.90 bits per heavy atom. The number of carbonyl (C=O) groups excluding carboxylic acids is 1. The number of hydrogen-bond donors (Lipinski definition) is 3. The smallest absolute Gasteiger partial charge is 0.326 e. The number of nitrogens with zero attached hydrogens (tertiary/aromatic N) is 1. The van der Waals surface area contributed by atoms with E-state index in [9.17, 15) is 14.4 Å². The highest BCUT2D eigenvalue weighted by molar-refractivity contribution is 8.00. The minimum Gasteiger partial charge on any atom is -0.481 e. The van der Waals surface area contributed by atoms with Crippen LogP contribution in [0.15, 0.2) is 29.4 Å². The van der Waals surface area contributed by atoms with Crippen LogP contribution in [-0.2, 0) is 14.4 Å². The average Bonchev–Trinajstić information content (AvgIpc) is 2.41. The zero-order valence-corrected chi connectivity index (χ0v) is 11.3. The number of thioether (sulfide) groups is 1. The zero-order valence-electron chi connectivity index (χ0n) is 10.5. The van der Waals surface area contributed by atoms with E-state index in [-0.39, 0.29) is 18.6 Å². The maximum atomic E-state index is 11.6. The van der Waals surface area contributed by atoms with Gasteiger partial charge in [-0.25, -0.2) is 4.79 Å². The summed E-state index contributed by atoms with van der Waals surface area (Å²) in [5, 5.41) is 19.7. The second-order valence-electron chi connectivity index (χ2n) is 3.86. The highest BCUT2D eigenvalue weighted by Crippen LogP contribution is 2.15. The summed E-state index contributed by atoms with van der Waals surface area (Å²) < 4.78 is 0. The predicted octanol–water partition coefficient (Wildman–Crippen LogP) is 0.608. The lowest BCUT2D eigenvalue weighted by Crippen LogP contribution is -2.41. The molecule has 0 saturated heterocycles. The molecule has 1 rings (SSSR count). The van der Waals surface area contributed by atoms with Gasteiger partial charge in [0, 0.05) is 23.7 Å². The second kappa shape index (κ2) is 8.16. The first-order valence-electron chi connectivity index (χ1n) is 5.76. The van der Waals surface area contributed by atoms with E-state index in [4.69, 9.17) is 10.2 Å². The molecule has 1 heterocycles. The van der Waals surface area contributed by atoms with E-state index in [2.05, 4.69) is 10.3 Å². The maximum absolute atomic E-state index is 11.6. The van der Waals surface area contributed by atoms with Crippen LogP contribution in [0, 0.1) is 0 Å². The van der Waals surface area contributed by atoms with Crippen LogP contribution >= 0.6 is 11.8 Å². The van der Waals surface area contributed by atoms with Gasteiger partial charge in [-0.3, -0.25) is 14.6 Å². The van der Waals surface area contributed by atoms with Crippen LogP contribution in [0.5, 0.6) is 0 Å². The number of amides is 1. The molecule has 20 heavy (non-hydrogen) atoms. The van der Waals surface area contributed by atoms with E-state index in [1.54, 1.807) is 24.5 Å². The lowest BCUT2D eigenvalue weighted by atomic mass is 10.1. The van der Waals surface area contributed by atoms with Crippen LogP contribution in [0.25, 0.3) is 0 Å². The average molecular weight is 298 g/mol. The SMILES string of the molecule is O=C(O)CC[C@H](NC(=O)CSc1ccncc1)C(=O)O. The van der Waals surface area contributed by atoms with Crippen molar-refractivity contribution in [2.24, 2.45) is 0 Å². The number of pyridine rings is 1. The van der Waals surface area contributed by atoms with Gasteiger partial charge in [-0.2, -0.15) is 0 Å². The normalized spacial score (nSPS) is 11.6. The van der Waals surface area contributed by atoms with Crippen molar-refractivity contribution in [3.63, 3.8) is 0 Å². The van der Waals surface area contributed by atoms with Crippen LogP contribution in [-0.4, -0.2) is 44.8 Å². The van der Waals surface area contributed by atoms with Crippen LogP contribution in [0.2, 0.25) is 0 Å². The summed E-state index contributed by atoms with van der Waals surface area (Å²) in [6.07, 6.45) is 2.73. The molecule has 1 amide bonds. The maximum Gasteiger partial charge on any atom is 0.326 e. The number of carbonyl (C=O) groups is 3. The third-order valence-electron chi connectivity index (χ3n) is 2.30. The van der Waals surface area contributed by atoms with Gasteiger partial charge in [0.25, 0.3) is 0 Å². The van der Waals surface area contributed by atoms with Crippen molar-refractivity contribution in [3.05, 3.63) is 24.5 Å². The first-order valence-corrected chi connectivity index (χ1v) is 6.74. The Labute approximate surface area is 119 Å². The molecule has 108 valence electrons. The summed E-state index contributed by atoms with van der Waals surface area (Å²) in [6.45, 7) is 0. The number of carboxylic acid groups (broad SMARTS) is 2. The number of hydrogen-bond acceptors (Lipinski definition) is 5. The quantitative estimate of drug-likeness (QED) is 0.602. The van der Waals surface area contributed by atoms with Gasteiger partial charge in [0.2, 0.25) is 5.91 Å². The number of nitrogens with one attached hydrogen (secondary N) is 1. The van der Waals surface area contributed by atoms with Crippen molar-refractivity contribution in [3.8, 4) is 0 Å². The monoisotopic (exact) mass is 298 g/mol. The lowest BCUT2D eigenvalue weighted by molar-refractivity contribution is -0.142. The van der Waals surface area contributed by atoms with E-state index < -0.39 is 23.9 Å². The Bertz CT molecular complexity index is 480. The van der Waals surface area contributed by atoms with E-state index in [0.29, 0.717) is 0 Å². The summed E-state index contributed by atoms with van der Waals surface area (Å²) in [5.41, 5.74) is 0. The molecule has 1 aromatic rings. The fourth-order valence-corrected chi connectivity index (χ4v) is 2.04. The van der Waals surface area contributed by atoms with E-state index in [0.717, 1.165) is 4.90 Å². The number of carboxylic acids is 2. The van der Waals surface area contributed by atoms with Crippen LogP contribution < -0.4 is 5.32 Å². The zero-order chi connectivity index (χ0) is 15.0. The largest absolute Gasteiger partial charge is 0.481 e. The van der Waals surface area contributed by atoms with Gasteiger partial charge in [0.1, 0.15) is 6.04 Å². The molecule has 0 fully saturated rings. The molecule has 0 aliphatic carbocycles. The standard InChI is InChI=1S/C12H14N2O5S/c15-10(7-20-8-3-5-13-6-4-8)14-9(12(18)19)1-2-11(16)17/h3-6,9H,1-2,7H2,(H,14,15)(H,16,17)(H,18,19)/t9-/m0/s1. The van der Waals surface area contributed by atoms with Crippen molar-refractivity contribution in [2.45, 2.75) is 23.8 Å². The molecular weight excluding hydrogens is 284 g/mol. The molecule has 1 aromatic heterocycles. The molecule has 7 nitrogen and oxygen atoms in total. The fraction of sp³-hybridized carbons (Fsp3) is 0.333. The van der Waals surface area contributed by atoms with Crippen LogP contribution in [0.3, 0.4) is 0 Å². The molecule has 0 bridgehead atoms. The highest BCUT2D eigenvalue weighted by atomic mass is 32.2. The fourth-order valence-electron chi connectivity index (χ4n) is 1.34.